The van der Waals surface area contributed by atoms with Gasteiger partial charge in [-0.05, 0) is 58.0 Å². The van der Waals surface area contributed by atoms with Crippen LogP contribution in [0.2, 0.25) is 5.02 Å². The van der Waals surface area contributed by atoms with Gasteiger partial charge in [0, 0.05) is 25.8 Å². The van der Waals surface area contributed by atoms with Gasteiger partial charge in [-0.1, -0.05) is 72.3 Å². The first-order valence-corrected chi connectivity index (χ1v) is 11.9. The fraction of sp³-hybridized carbons (Fsp3) is 0.148. The molecule has 3 atom stereocenters. The van der Waals surface area contributed by atoms with Crippen LogP contribution in [0.1, 0.15) is 27.4 Å². The van der Waals surface area contributed by atoms with Crippen molar-refractivity contribution in [2.24, 2.45) is 5.41 Å². The van der Waals surface area contributed by atoms with Gasteiger partial charge in [-0.15, -0.1) is 0 Å². The van der Waals surface area contributed by atoms with Gasteiger partial charge in [0.05, 0.1) is 18.2 Å². The van der Waals surface area contributed by atoms with Crippen LogP contribution < -0.4 is 4.90 Å². The van der Waals surface area contributed by atoms with Crippen LogP contribution in [-0.2, 0) is 0 Å². The van der Waals surface area contributed by atoms with E-state index in [0.29, 0.717) is 10.6 Å². The fourth-order valence-electron chi connectivity index (χ4n) is 5.11. The Labute approximate surface area is 210 Å². The summed E-state index contributed by atoms with van der Waals surface area (Å²) >= 11 is 8.47. The van der Waals surface area contributed by atoms with Gasteiger partial charge in [-0.2, -0.15) is 10.5 Å². The van der Waals surface area contributed by atoms with Gasteiger partial charge in [-0.25, -0.2) is 0 Å². The molecule has 6 heteroatoms. The van der Waals surface area contributed by atoms with Crippen molar-refractivity contribution in [3.8, 4) is 12.1 Å². The van der Waals surface area contributed by atoms with Crippen molar-refractivity contribution in [2.45, 2.75) is 18.0 Å². The molecule has 1 fully saturated rings. The fourth-order valence-corrected chi connectivity index (χ4v) is 6.01. The van der Waals surface area contributed by atoms with Crippen LogP contribution in [0.4, 0.5) is 5.69 Å². The monoisotopic (exact) mass is 561 g/mol. The summed E-state index contributed by atoms with van der Waals surface area (Å²) in [5, 5.41) is 21.5. The minimum absolute atomic E-state index is 0.117. The lowest BCUT2D eigenvalue weighted by Crippen LogP contribution is -2.44. The third-order valence-electron chi connectivity index (χ3n) is 6.54. The highest BCUT2D eigenvalue weighted by atomic mass is 127. The van der Waals surface area contributed by atoms with E-state index in [1.165, 1.54) is 0 Å². The van der Waals surface area contributed by atoms with E-state index in [-0.39, 0.29) is 5.78 Å². The lowest BCUT2D eigenvalue weighted by molar-refractivity contribution is 0.0951. The largest absolute Gasteiger partial charge is 0.351 e. The van der Waals surface area contributed by atoms with E-state index in [9.17, 15) is 15.3 Å². The third-order valence-corrected chi connectivity index (χ3v) is 7.75. The summed E-state index contributed by atoms with van der Waals surface area (Å²) in [7, 11) is 0. The number of nitrogens with zero attached hydrogens (tertiary/aromatic N) is 3. The standard InChI is InChI=1S/C27H17ClIN3O/c28-19-11-12-22-18(14-19)10-13-23-27(15-30,16-31)24(20-8-4-5-9-21(20)29)25(32(22)23)26(33)17-6-2-1-3-7-17/h1-14,23-25H. The molecule has 0 amide bonds. The minimum atomic E-state index is -1.45. The summed E-state index contributed by atoms with van der Waals surface area (Å²) < 4.78 is 0.918. The van der Waals surface area contributed by atoms with Crippen LogP contribution in [-0.4, -0.2) is 17.9 Å². The Morgan fingerprint density at radius 2 is 1.70 bits per heavy atom. The van der Waals surface area contributed by atoms with E-state index in [0.717, 1.165) is 20.4 Å². The Hall–Kier alpha value is -3.13. The van der Waals surface area contributed by atoms with Gasteiger partial charge in [0.2, 0.25) is 0 Å². The average Bonchev–Trinajstić information content (AvgIpc) is 3.14. The number of Topliss-reactive ketones (excluding diaryl/α,β-unsaturated/α-hetero) is 1. The number of ketones is 1. The third kappa shape index (κ3) is 3.27. The SMILES string of the molecule is N#CC1(C#N)C(c2ccccc2I)C(C(=O)c2ccccc2)N2c3ccc(Cl)cc3C=CC21. The summed E-state index contributed by atoms with van der Waals surface area (Å²) in [6.07, 6.45) is 3.76. The Morgan fingerprint density at radius 1 is 1.00 bits per heavy atom. The predicted molar refractivity (Wildman–Crippen MR) is 137 cm³/mol. The molecule has 3 aromatic rings. The van der Waals surface area contributed by atoms with E-state index < -0.39 is 23.4 Å². The van der Waals surface area contributed by atoms with Gasteiger partial charge in [0.1, 0.15) is 6.04 Å². The molecular formula is C27H17ClIN3O. The highest BCUT2D eigenvalue weighted by molar-refractivity contribution is 14.1. The van der Waals surface area contributed by atoms with Crippen molar-refractivity contribution in [2.75, 3.05) is 4.90 Å². The average molecular weight is 562 g/mol. The smallest absolute Gasteiger partial charge is 0.185 e. The number of carbonyl (C=O) groups excluding carboxylic acids is 1. The molecular weight excluding hydrogens is 545 g/mol. The molecule has 5 rings (SSSR count). The van der Waals surface area contributed by atoms with E-state index in [2.05, 4.69) is 34.7 Å². The highest BCUT2D eigenvalue weighted by Gasteiger charge is 2.63. The first kappa shape index (κ1) is 21.7. The summed E-state index contributed by atoms with van der Waals surface area (Å²) in [6, 6.07) is 25.6. The van der Waals surface area contributed by atoms with Gasteiger partial charge < -0.3 is 4.90 Å². The van der Waals surface area contributed by atoms with Crippen LogP contribution in [0.3, 0.4) is 0 Å². The van der Waals surface area contributed by atoms with Gasteiger partial charge in [0.25, 0.3) is 0 Å². The molecule has 4 nitrogen and oxygen atoms in total. The summed E-state index contributed by atoms with van der Waals surface area (Å²) in [4.78, 5) is 16.0. The number of rotatable bonds is 3. The predicted octanol–water partition coefficient (Wildman–Crippen LogP) is 6.23. The number of carbonyl (C=O) groups is 1. The Kier molecular flexibility index (Phi) is 5.48. The summed E-state index contributed by atoms with van der Waals surface area (Å²) in [6.45, 7) is 0. The second-order valence-electron chi connectivity index (χ2n) is 8.18. The zero-order valence-electron chi connectivity index (χ0n) is 17.3. The lowest BCUT2D eigenvalue weighted by Gasteiger charge is -2.35. The normalized spacial score (nSPS) is 22.1. The van der Waals surface area contributed by atoms with Gasteiger partial charge in [0.15, 0.2) is 11.2 Å². The second-order valence-corrected chi connectivity index (χ2v) is 9.78. The molecule has 0 N–H and O–H groups in total. The lowest BCUT2D eigenvalue weighted by atomic mass is 9.69. The molecule has 1 saturated heterocycles. The summed E-state index contributed by atoms with van der Waals surface area (Å²) in [5.74, 6) is -0.765. The van der Waals surface area contributed by atoms with E-state index in [1.54, 1.807) is 18.2 Å². The molecule has 0 radical (unpaired) electrons. The van der Waals surface area contributed by atoms with Crippen molar-refractivity contribution >= 4 is 51.7 Å². The molecule has 3 aromatic carbocycles. The van der Waals surface area contributed by atoms with Crippen LogP contribution in [0, 0.1) is 31.6 Å². The first-order chi connectivity index (χ1) is 16.0. The number of anilines is 1. The number of hydrogen-bond acceptors (Lipinski definition) is 4. The number of halogens is 2. The molecule has 3 unspecified atom stereocenters. The van der Waals surface area contributed by atoms with Crippen molar-refractivity contribution in [3.05, 3.63) is 104 Å². The molecule has 160 valence electrons. The van der Waals surface area contributed by atoms with Gasteiger partial charge >= 0.3 is 0 Å². The van der Waals surface area contributed by atoms with Crippen LogP contribution in [0.5, 0.6) is 0 Å². The van der Waals surface area contributed by atoms with Crippen molar-refractivity contribution in [1.29, 1.82) is 10.5 Å². The number of nitriles is 2. The molecule has 0 bridgehead atoms. The maximum atomic E-state index is 14.1. The highest BCUT2D eigenvalue weighted by Crippen LogP contribution is 2.56. The number of hydrogen-bond donors (Lipinski definition) is 0. The van der Waals surface area contributed by atoms with E-state index >= 15 is 0 Å². The van der Waals surface area contributed by atoms with Crippen LogP contribution in [0.25, 0.3) is 6.08 Å². The minimum Gasteiger partial charge on any atom is -0.351 e. The maximum absolute atomic E-state index is 14.1. The molecule has 0 saturated carbocycles. The molecule has 0 aliphatic carbocycles. The molecule has 2 heterocycles. The second kappa shape index (κ2) is 8.33. The Morgan fingerprint density at radius 3 is 2.39 bits per heavy atom. The van der Waals surface area contributed by atoms with Gasteiger partial charge in [-0.3, -0.25) is 4.79 Å². The summed E-state index contributed by atoms with van der Waals surface area (Å²) in [5.41, 5.74) is 1.58. The van der Waals surface area contributed by atoms with Crippen LogP contribution in [0.15, 0.2) is 78.9 Å². The Balaban J connectivity index is 1.81. The Bertz CT molecular complexity index is 1360. The molecule has 0 aromatic heterocycles. The topological polar surface area (TPSA) is 67.9 Å². The zero-order valence-corrected chi connectivity index (χ0v) is 20.2. The van der Waals surface area contributed by atoms with Crippen molar-refractivity contribution in [1.82, 2.24) is 0 Å². The number of fused-ring (bicyclic) bond motifs is 3. The van der Waals surface area contributed by atoms with E-state index in [1.807, 2.05) is 71.6 Å². The van der Waals surface area contributed by atoms with E-state index in [4.69, 9.17) is 11.6 Å². The molecule has 33 heavy (non-hydrogen) atoms. The molecule has 0 spiro atoms. The number of benzene rings is 3. The molecule has 2 aliphatic rings. The van der Waals surface area contributed by atoms with Crippen LogP contribution >= 0.6 is 34.2 Å². The molecule has 2 aliphatic heterocycles. The zero-order chi connectivity index (χ0) is 23.2. The van der Waals surface area contributed by atoms with Crippen molar-refractivity contribution < 1.29 is 4.79 Å². The maximum Gasteiger partial charge on any atom is 0.185 e. The quantitative estimate of drug-likeness (QED) is 0.281. The van der Waals surface area contributed by atoms with Crippen molar-refractivity contribution in [3.63, 3.8) is 0 Å². The first-order valence-electron chi connectivity index (χ1n) is 10.4.